The summed E-state index contributed by atoms with van der Waals surface area (Å²) in [7, 11) is 0. The molecule has 0 amide bonds. The van der Waals surface area contributed by atoms with Crippen LogP contribution in [0, 0.1) is 0 Å². The lowest BCUT2D eigenvalue weighted by Crippen LogP contribution is -2.30. The first-order valence-electron chi connectivity index (χ1n) is 28.7. The van der Waals surface area contributed by atoms with Gasteiger partial charge >= 0.3 is 17.9 Å². The third-order valence-electron chi connectivity index (χ3n) is 11.6. The van der Waals surface area contributed by atoms with Crippen molar-refractivity contribution < 1.29 is 28.6 Å². The van der Waals surface area contributed by atoms with Crippen LogP contribution in [0.5, 0.6) is 0 Å². The quantitative estimate of drug-likeness (QED) is 0.0262. The number of unbranched alkanes of at least 4 members (excludes halogenated alkanes) is 17. The van der Waals surface area contributed by atoms with Crippen molar-refractivity contribution in [2.45, 2.75) is 245 Å². The molecule has 0 unspecified atom stereocenters. The van der Waals surface area contributed by atoms with Gasteiger partial charge in [-0.2, -0.15) is 0 Å². The standard InChI is InChI=1S/C65H104O6/c1-4-7-10-13-16-19-22-25-28-31-32-35-38-41-44-47-50-53-56-59-65(68)71-62(60-69-63(66)57-54-51-48-45-42-39-36-33-29-26-23-20-17-14-11-8-5-2)61-70-64(67)58-55-52-49-46-43-40-37-34-30-27-24-21-18-15-12-9-6-3/h16,19,25-30,32,35-37,39-41,44-46,48-50,53,62H,4-15,17-18,20-24,31,33-34,38,42-43,47,51-52,54-61H2,1-3H3/b19-16-,28-25-,29-26-,30-27-,35-32-,39-36-,40-37-,44-41-,48-45-,49-46-,53-50-. The second-order valence-electron chi connectivity index (χ2n) is 18.5. The van der Waals surface area contributed by atoms with Gasteiger partial charge in [-0.1, -0.05) is 231 Å². The first-order chi connectivity index (χ1) is 35.0. The van der Waals surface area contributed by atoms with E-state index in [0.29, 0.717) is 19.3 Å². The number of carbonyl (C=O) groups is 3. The van der Waals surface area contributed by atoms with Gasteiger partial charge in [0.15, 0.2) is 6.10 Å². The van der Waals surface area contributed by atoms with E-state index in [4.69, 9.17) is 14.2 Å². The number of hydrogen-bond donors (Lipinski definition) is 0. The lowest BCUT2D eigenvalue weighted by atomic mass is 10.1. The highest BCUT2D eigenvalue weighted by Gasteiger charge is 2.19. The van der Waals surface area contributed by atoms with E-state index in [9.17, 15) is 14.4 Å². The largest absolute Gasteiger partial charge is 0.462 e. The number of carbonyl (C=O) groups excluding carboxylic acids is 3. The molecule has 6 heteroatoms. The van der Waals surface area contributed by atoms with Crippen LogP contribution in [0.15, 0.2) is 134 Å². The molecule has 0 aromatic carbocycles. The molecule has 0 radical (unpaired) electrons. The van der Waals surface area contributed by atoms with Crippen molar-refractivity contribution in [2.75, 3.05) is 13.2 Å². The highest BCUT2D eigenvalue weighted by Crippen LogP contribution is 2.11. The summed E-state index contributed by atoms with van der Waals surface area (Å²) in [5.41, 5.74) is 0. The maximum absolute atomic E-state index is 12.8. The number of ether oxygens (including phenoxy) is 3. The molecular weight excluding hydrogens is 877 g/mol. The maximum Gasteiger partial charge on any atom is 0.306 e. The van der Waals surface area contributed by atoms with Crippen molar-refractivity contribution >= 4 is 17.9 Å². The zero-order valence-electron chi connectivity index (χ0n) is 45.7. The number of rotatable bonds is 50. The van der Waals surface area contributed by atoms with E-state index in [-0.39, 0.29) is 44.4 Å². The summed E-state index contributed by atoms with van der Waals surface area (Å²) >= 11 is 0. The molecule has 0 atom stereocenters. The van der Waals surface area contributed by atoms with Gasteiger partial charge in [0.25, 0.3) is 0 Å². The van der Waals surface area contributed by atoms with E-state index in [1.54, 1.807) is 0 Å². The molecule has 0 N–H and O–H groups in total. The molecule has 0 aliphatic rings. The van der Waals surface area contributed by atoms with Gasteiger partial charge in [0, 0.05) is 19.3 Å². The van der Waals surface area contributed by atoms with Crippen LogP contribution in [-0.4, -0.2) is 37.2 Å². The van der Waals surface area contributed by atoms with E-state index in [1.807, 2.05) is 12.2 Å². The Kier molecular flexibility index (Phi) is 54.5. The predicted molar refractivity (Wildman–Crippen MR) is 306 cm³/mol. The molecule has 0 spiro atoms. The molecule has 6 nitrogen and oxygen atoms in total. The van der Waals surface area contributed by atoms with E-state index in [2.05, 4.69) is 142 Å². The summed E-state index contributed by atoms with van der Waals surface area (Å²) in [5, 5.41) is 0. The summed E-state index contributed by atoms with van der Waals surface area (Å²) in [6.45, 7) is 6.44. The summed E-state index contributed by atoms with van der Waals surface area (Å²) in [4.78, 5) is 38.1. The SMILES string of the molecule is CCCCC/C=C\C/C=C\C/C=C\C/C=C\C/C=C\CCC(=O)OC(COC(=O)CCC/C=C\C/C=C\C/C=C\CCCCCCCC)COC(=O)CCC/C=C\C/C=C\C/C=C\CCCCCCCC. The molecule has 0 fully saturated rings. The minimum Gasteiger partial charge on any atom is -0.462 e. The molecule has 0 saturated heterocycles. The molecule has 0 rings (SSSR count). The highest BCUT2D eigenvalue weighted by molar-refractivity contribution is 5.71. The first kappa shape index (κ1) is 66.6. The van der Waals surface area contributed by atoms with Crippen molar-refractivity contribution in [3.8, 4) is 0 Å². The Bertz CT molecular complexity index is 1480. The average molecular weight is 982 g/mol. The fourth-order valence-corrected chi connectivity index (χ4v) is 7.28. The van der Waals surface area contributed by atoms with E-state index >= 15 is 0 Å². The second kappa shape index (κ2) is 58.1. The van der Waals surface area contributed by atoms with Crippen LogP contribution in [0.2, 0.25) is 0 Å². The van der Waals surface area contributed by atoms with Gasteiger partial charge < -0.3 is 14.2 Å². The van der Waals surface area contributed by atoms with Gasteiger partial charge in [-0.3, -0.25) is 14.4 Å². The molecule has 0 bridgehead atoms. The normalized spacial score (nSPS) is 12.7. The zero-order valence-corrected chi connectivity index (χ0v) is 45.7. The predicted octanol–water partition coefficient (Wildman–Crippen LogP) is 19.4. The zero-order chi connectivity index (χ0) is 51.4. The summed E-state index contributed by atoms with van der Waals surface area (Å²) in [6, 6.07) is 0. The van der Waals surface area contributed by atoms with Crippen molar-refractivity contribution in [2.24, 2.45) is 0 Å². The number of esters is 3. The van der Waals surface area contributed by atoms with Crippen molar-refractivity contribution in [3.63, 3.8) is 0 Å². The van der Waals surface area contributed by atoms with Gasteiger partial charge in [-0.25, -0.2) is 0 Å². The van der Waals surface area contributed by atoms with Crippen LogP contribution < -0.4 is 0 Å². The summed E-state index contributed by atoms with van der Waals surface area (Å²) in [6.07, 6.45) is 81.8. The third-order valence-corrected chi connectivity index (χ3v) is 11.6. The molecule has 0 aliphatic carbocycles. The van der Waals surface area contributed by atoms with Crippen LogP contribution in [0.3, 0.4) is 0 Å². The van der Waals surface area contributed by atoms with Gasteiger partial charge in [0.1, 0.15) is 13.2 Å². The van der Waals surface area contributed by atoms with Crippen LogP contribution in [0.1, 0.15) is 239 Å². The molecule has 0 heterocycles. The topological polar surface area (TPSA) is 78.9 Å². The smallest absolute Gasteiger partial charge is 0.306 e. The van der Waals surface area contributed by atoms with Gasteiger partial charge in [0.2, 0.25) is 0 Å². The Morgan fingerprint density at radius 2 is 0.535 bits per heavy atom. The first-order valence-corrected chi connectivity index (χ1v) is 28.7. The number of allylic oxidation sites excluding steroid dienone is 22. The fraction of sp³-hybridized carbons (Fsp3) is 0.615. The van der Waals surface area contributed by atoms with Crippen LogP contribution in [-0.2, 0) is 28.6 Å². The Balaban J connectivity index is 4.67. The molecule has 0 aliphatic heterocycles. The molecule has 0 saturated carbocycles. The van der Waals surface area contributed by atoms with E-state index < -0.39 is 12.1 Å². The fourth-order valence-electron chi connectivity index (χ4n) is 7.28. The summed E-state index contributed by atoms with van der Waals surface area (Å²) in [5.74, 6) is -1.14. The van der Waals surface area contributed by atoms with E-state index in [0.717, 1.165) is 64.2 Å². The van der Waals surface area contributed by atoms with Crippen molar-refractivity contribution in [1.82, 2.24) is 0 Å². The Labute approximate surface area is 436 Å². The maximum atomic E-state index is 12.8. The minimum atomic E-state index is -0.864. The molecule has 0 aromatic rings. The van der Waals surface area contributed by atoms with Crippen LogP contribution >= 0.6 is 0 Å². The van der Waals surface area contributed by atoms with Crippen LogP contribution in [0.25, 0.3) is 0 Å². The minimum absolute atomic E-state index is 0.154. The third kappa shape index (κ3) is 56.3. The van der Waals surface area contributed by atoms with Crippen molar-refractivity contribution in [3.05, 3.63) is 134 Å². The van der Waals surface area contributed by atoms with Crippen molar-refractivity contribution in [1.29, 1.82) is 0 Å². The molecular formula is C65H104O6. The van der Waals surface area contributed by atoms with E-state index in [1.165, 1.54) is 116 Å². The second-order valence-corrected chi connectivity index (χ2v) is 18.5. The molecule has 0 aromatic heterocycles. The van der Waals surface area contributed by atoms with Crippen LogP contribution in [0.4, 0.5) is 0 Å². The molecule has 400 valence electrons. The van der Waals surface area contributed by atoms with Gasteiger partial charge in [0.05, 0.1) is 0 Å². The Hall–Kier alpha value is -4.45. The van der Waals surface area contributed by atoms with Gasteiger partial charge in [-0.15, -0.1) is 0 Å². The van der Waals surface area contributed by atoms with Gasteiger partial charge in [-0.05, 0) is 122 Å². The number of hydrogen-bond acceptors (Lipinski definition) is 6. The monoisotopic (exact) mass is 981 g/mol. The lowest BCUT2D eigenvalue weighted by molar-refractivity contribution is -0.166. The Morgan fingerprint density at radius 1 is 0.282 bits per heavy atom. The highest BCUT2D eigenvalue weighted by atomic mass is 16.6. The average Bonchev–Trinajstić information content (AvgIpc) is 3.37. The Morgan fingerprint density at radius 3 is 0.873 bits per heavy atom. The molecule has 71 heavy (non-hydrogen) atoms. The lowest BCUT2D eigenvalue weighted by Gasteiger charge is -2.18. The summed E-state index contributed by atoms with van der Waals surface area (Å²) < 4.78 is 16.7.